The molecule has 1 atom stereocenters. The van der Waals surface area contributed by atoms with E-state index in [1.165, 1.54) is 5.57 Å². The Morgan fingerprint density at radius 3 is 2.71 bits per heavy atom. The van der Waals surface area contributed by atoms with Crippen molar-refractivity contribution in [3.8, 4) is 11.8 Å². The van der Waals surface area contributed by atoms with Crippen LogP contribution < -0.4 is 0 Å². The predicted octanol–water partition coefficient (Wildman–Crippen LogP) is 3.10. The van der Waals surface area contributed by atoms with E-state index in [0.29, 0.717) is 6.61 Å². The van der Waals surface area contributed by atoms with E-state index in [1.54, 1.807) is 6.92 Å². The lowest BCUT2D eigenvalue weighted by molar-refractivity contribution is -0.136. The van der Waals surface area contributed by atoms with Crippen LogP contribution in [0.4, 0.5) is 0 Å². The Bertz CT molecular complexity index is 397. The van der Waals surface area contributed by atoms with Crippen molar-refractivity contribution in [1.29, 1.82) is 0 Å². The van der Waals surface area contributed by atoms with Gasteiger partial charge in [-0.3, -0.25) is 0 Å². The first-order chi connectivity index (χ1) is 7.93. The lowest BCUT2D eigenvalue weighted by Crippen LogP contribution is -2.11. The topological polar surface area (TPSA) is 26.3 Å². The highest BCUT2D eigenvalue weighted by atomic mass is 16.5. The first-order valence-corrected chi connectivity index (χ1v) is 6.00. The van der Waals surface area contributed by atoms with E-state index in [2.05, 4.69) is 50.8 Å². The Labute approximate surface area is 104 Å². The third-order valence-electron chi connectivity index (χ3n) is 2.60. The summed E-state index contributed by atoms with van der Waals surface area (Å²) in [6, 6.07) is 0. The summed E-state index contributed by atoms with van der Waals surface area (Å²) in [5.41, 5.74) is 1.50. The van der Waals surface area contributed by atoms with Gasteiger partial charge in [-0.1, -0.05) is 44.9 Å². The Balaban J connectivity index is 2.57. The molecule has 0 aromatic heterocycles. The van der Waals surface area contributed by atoms with Crippen molar-refractivity contribution in [3.63, 3.8) is 0 Å². The summed E-state index contributed by atoms with van der Waals surface area (Å²) in [6.07, 6.45) is 7.24. The summed E-state index contributed by atoms with van der Waals surface area (Å²) in [6.45, 7) is 8.72. The number of allylic oxidation sites excluding steroid dienone is 4. The third kappa shape index (κ3) is 4.48. The molecule has 0 saturated heterocycles. The minimum absolute atomic E-state index is 0.130. The van der Waals surface area contributed by atoms with E-state index in [-0.39, 0.29) is 11.3 Å². The van der Waals surface area contributed by atoms with Crippen LogP contribution in [0.25, 0.3) is 0 Å². The van der Waals surface area contributed by atoms with Crippen LogP contribution in [-0.4, -0.2) is 12.6 Å². The van der Waals surface area contributed by atoms with Gasteiger partial charge < -0.3 is 4.74 Å². The largest absolute Gasteiger partial charge is 0.456 e. The minimum Gasteiger partial charge on any atom is -0.456 e. The van der Waals surface area contributed by atoms with Crippen molar-refractivity contribution in [2.24, 2.45) is 11.3 Å². The molecule has 0 aromatic rings. The number of rotatable bonds is 1. The number of hydrogen-bond acceptors (Lipinski definition) is 2. The lowest BCUT2D eigenvalue weighted by atomic mass is 9.82. The number of carbonyl (C=O) groups is 1. The highest BCUT2D eigenvalue weighted by Gasteiger charge is 2.17. The summed E-state index contributed by atoms with van der Waals surface area (Å²) in [7, 11) is 0. The lowest BCUT2D eigenvalue weighted by Gasteiger charge is -2.23. The van der Waals surface area contributed by atoms with Gasteiger partial charge in [0.25, 0.3) is 0 Å². The molecule has 0 N–H and O–H groups in total. The second kappa shape index (κ2) is 5.72. The molecule has 0 amide bonds. The van der Waals surface area contributed by atoms with E-state index in [1.807, 2.05) is 0 Å². The van der Waals surface area contributed by atoms with Crippen LogP contribution in [0.1, 0.15) is 34.1 Å². The molecule has 0 radical (unpaired) electrons. The molecular formula is C15H20O2. The molecule has 0 aromatic carbocycles. The molecule has 92 valence electrons. The molecule has 0 aliphatic heterocycles. The third-order valence-corrected chi connectivity index (χ3v) is 2.60. The molecule has 2 heteroatoms. The first-order valence-electron chi connectivity index (χ1n) is 6.00. The van der Waals surface area contributed by atoms with Crippen molar-refractivity contribution in [2.45, 2.75) is 34.1 Å². The maximum atomic E-state index is 11.1. The van der Waals surface area contributed by atoms with Gasteiger partial charge in [-0.2, -0.15) is 0 Å². The second-order valence-electron chi connectivity index (χ2n) is 5.10. The Morgan fingerprint density at radius 2 is 2.24 bits per heavy atom. The molecule has 1 aliphatic carbocycles. The van der Waals surface area contributed by atoms with Gasteiger partial charge in [-0.15, -0.1) is 0 Å². The van der Waals surface area contributed by atoms with Gasteiger partial charge in [0.15, 0.2) is 0 Å². The standard InChI is InChI=1S/C15H20O2/c1-5-17-14(16)11-8-12-6-9-13(10-7-12)15(2,3)4/h6,9-10,12H,5,7H2,1-4H3. The Hall–Kier alpha value is -1.49. The molecule has 2 nitrogen and oxygen atoms in total. The fraction of sp³-hybridized carbons (Fsp3) is 0.533. The van der Waals surface area contributed by atoms with Gasteiger partial charge >= 0.3 is 5.97 Å². The molecule has 1 aliphatic rings. The molecule has 0 fully saturated rings. The highest BCUT2D eigenvalue weighted by molar-refractivity contribution is 5.88. The molecule has 1 rings (SSSR count). The van der Waals surface area contributed by atoms with Gasteiger partial charge in [0.2, 0.25) is 0 Å². The van der Waals surface area contributed by atoms with Crippen molar-refractivity contribution < 1.29 is 9.53 Å². The maximum absolute atomic E-state index is 11.1. The molecule has 1 unspecified atom stereocenters. The van der Waals surface area contributed by atoms with E-state index >= 15 is 0 Å². The molecule has 17 heavy (non-hydrogen) atoms. The number of hydrogen-bond donors (Lipinski definition) is 0. The van der Waals surface area contributed by atoms with Crippen LogP contribution >= 0.6 is 0 Å². The summed E-state index contributed by atoms with van der Waals surface area (Å²) in [5.74, 6) is 5.13. The van der Waals surface area contributed by atoms with Gasteiger partial charge in [0, 0.05) is 11.8 Å². The van der Waals surface area contributed by atoms with Crippen LogP contribution in [0, 0.1) is 23.2 Å². The molecule has 0 spiro atoms. The van der Waals surface area contributed by atoms with Crippen molar-refractivity contribution >= 4 is 5.97 Å². The van der Waals surface area contributed by atoms with Gasteiger partial charge in [-0.25, -0.2) is 4.79 Å². The van der Waals surface area contributed by atoms with Crippen LogP contribution in [0.15, 0.2) is 23.8 Å². The fourth-order valence-corrected chi connectivity index (χ4v) is 1.60. The van der Waals surface area contributed by atoms with Crippen LogP contribution in [0.5, 0.6) is 0 Å². The normalized spacial score (nSPS) is 19.1. The van der Waals surface area contributed by atoms with Crippen molar-refractivity contribution in [1.82, 2.24) is 0 Å². The van der Waals surface area contributed by atoms with E-state index in [9.17, 15) is 4.79 Å². The van der Waals surface area contributed by atoms with E-state index < -0.39 is 5.97 Å². The van der Waals surface area contributed by atoms with Crippen LogP contribution in [0.3, 0.4) is 0 Å². The van der Waals surface area contributed by atoms with Crippen LogP contribution in [-0.2, 0) is 9.53 Å². The van der Waals surface area contributed by atoms with Crippen LogP contribution in [0.2, 0.25) is 0 Å². The monoisotopic (exact) mass is 232 g/mol. The molecule has 0 saturated carbocycles. The fourth-order valence-electron chi connectivity index (χ4n) is 1.60. The Morgan fingerprint density at radius 1 is 1.53 bits per heavy atom. The highest BCUT2D eigenvalue weighted by Crippen LogP contribution is 2.30. The van der Waals surface area contributed by atoms with Crippen molar-refractivity contribution in [2.75, 3.05) is 6.61 Å². The summed E-state index contributed by atoms with van der Waals surface area (Å²) >= 11 is 0. The number of ether oxygens (including phenoxy) is 1. The average Bonchev–Trinajstić information content (AvgIpc) is 2.26. The Kier molecular flexibility index (Phi) is 4.57. The molecule has 0 bridgehead atoms. The summed E-state index contributed by atoms with van der Waals surface area (Å²) in [5, 5.41) is 0. The van der Waals surface area contributed by atoms with Gasteiger partial charge in [0.1, 0.15) is 0 Å². The maximum Gasteiger partial charge on any atom is 0.384 e. The van der Waals surface area contributed by atoms with E-state index in [0.717, 1.165) is 6.42 Å². The minimum atomic E-state index is -0.438. The quantitative estimate of drug-likeness (QED) is 0.394. The zero-order valence-corrected chi connectivity index (χ0v) is 11.0. The zero-order valence-electron chi connectivity index (χ0n) is 11.0. The average molecular weight is 232 g/mol. The molecule has 0 heterocycles. The van der Waals surface area contributed by atoms with Gasteiger partial charge in [0.05, 0.1) is 6.61 Å². The summed E-state index contributed by atoms with van der Waals surface area (Å²) in [4.78, 5) is 11.1. The van der Waals surface area contributed by atoms with Gasteiger partial charge in [-0.05, 0) is 24.3 Å². The first kappa shape index (κ1) is 13.6. The number of carbonyl (C=O) groups excluding carboxylic acids is 1. The summed E-state index contributed by atoms with van der Waals surface area (Å²) < 4.78 is 4.76. The van der Waals surface area contributed by atoms with Crippen molar-refractivity contribution in [3.05, 3.63) is 23.8 Å². The predicted molar refractivity (Wildman–Crippen MR) is 69.2 cm³/mol. The second-order valence-corrected chi connectivity index (χ2v) is 5.10. The zero-order chi connectivity index (χ0) is 12.9. The molecular weight excluding hydrogens is 212 g/mol. The smallest absolute Gasteiger partial charge is 0.384 e. The SMILES string of the molecule is CCOC(=O)C#CC1C=CC(C(C)(C)C)=CC1. The number of esters is 1. The van der Waals surface area contributed by atoms with E-state index in [4.69, 9.17) is 4.74 Å².